The van der Waals surface area contributed by atoms with Gasteiger partial charge in [-0.1, -0.05) is 88.7 Å². The number of benzene rings is 2. The Morgan fingerprint density at radius 3 is 2.32 bits per heavy atom. The number of rotatable bonds is 6. The number of ether oxygens (including phenoxy) is 3. The third-order valence-electron chi connectivity index (χ3n) is 10.1. The van der Waals surface area contributed by atoms with E-state index in [1.165, 1.54) is 12.0 Å². The number of esters is 1. The van der Waals surface area contributed by atoms with E-state index in [4.69, 9.17) is 14.2 Å². The number of cyclic esters (lactones) is 1. The Morgan fingerprint density at radius 1 is 1.00 bits per heavy atom. The largest absolute Gasteiger partial charge is 0.455 e. The molecule has 0 aliphatic carbocycles. The van der Waals surface area contributed by atoms with E-state index in [2.05, 4.69) is 21.2 Å². The highest BCUT2D eigenvalue weighted by Gasteiger charge is 2.76. The van der Waals surface area contributed by atoms with Crippen molar-refractivity contribution in [3.05, 3.63) is 94.5 Å². The summed E-state index contributed by atoms with van der Waals surface area (Å²) in [6, 6.07) is 15.3. The van der Waals surface area contributed by atoms with Gasteiger partial charge in [0.1, 0.15) is 29.8 Å². The lowest BCUT2D eigenvalue weighted by Gasteiger charge is -2.43. The second-order valence-electron chi connectivity index (χ2n) is 14.2. The third-order valence-corrected chi connectivity index (χ3v) is 10.7. The Hall–Kier alpha value is -3.84. The van der Waals surface area contributed by atoms with Crippen LogP contribution in [0.15, 0.2) is 83.4 Å². The lowest BCUT2D eigenvalue weighted by Crippen LogP contribution is -2.60. The van der Waals surface area contributed by atoms with Crippen LogP contribution in [0.5, 0.6) is 0 Å². The minimum atomic E-state index is -1.53. The Morgan fingerprint density at radius 2 is 1.68 bits per heavy atom. The number of halogens is 1. The number of likely N-dealkylation sites (tertiary alicyclic amines) is 1. The highest BCUT2D eigenvalue weighted by atomic mass is 79.9. The van der Waals surface area contributed by atoms with Crippen molar-refractivity contribution in [2.75, 3.05) is 26.9 Å². The summed E-state index contributed by atoms with van der Waals surface area (Å²) in [5.74, 6) is -4.11. The summed E-state index contributed by atoms with van der Waals surface area (Å²) in [6.07, 6.45) is 4.15. The van der Waals surface area contributed by atoms with Crippen molar-refractivity contribution in [3.8, 4) is 0 Å². The molecule has 6 rings (SSSR count). The smallest absolute Gasteiger partial charge is 0.313 e. The minimum Gasteiger partial charge on any atom is -0.455 e. The van der Waals surface area contributed by atoms with Crippen LogP contribution in [0.4, 0.5) is 0 Å². The topological polar surface area (TPSA) is 135 Å². The maximum atomic E-state index is 15.1. The van der Waals surface area contributed by atoms with Crippen LogP contribution in [0.2, 0.25) is 0 Å². The number of hydrogen-bond acceptors (Lipinski definition) is 8. The van der Waals surface area contributed by atoms with Gasteiger partial charge in [-0.3, -0.25) is 19.2 Å². The third kappa shape index (κ3) is 6.42. The van der Waals surface area contributed by atoms with Crippen LogP contribution in [0.3, 0.4) is 0 Å². The molecule has 2 aromatic carbocycles. The number of aliphatic hydroxyl groups is 1. The summed E-state index contributed by atoms with van der Waals surface area (Å²) in [6.45, 7) is 5.50. The molecule has 1 spiro atoms. The number of allylic oxidation sites excluding steroid dienone is 1. The fourth-order valence-electron chi connectivity index (χ4n) is 7.82. The molecular weight excluding hydrogens is 706 g/mol. The first kappa shape index (κ1) is 36.0. The van der Waals surface area contributed by atoms with Gasteiger partial charge in [0, 0.05) is 30.1 Å². The van der Waals surface area contributed by atoms with E-state index in [1.807, 2.05) is 69.3 Å². The standard InChI is InChI=1S/C38H44BrN3O8/c1-37(2,3)41-19-13-7-12-18-28(44)40-26(22-48-4)31(24-16-10-6-11-17-24)49-36(47)29-30-34(45)42(27(21-43)23-14-8-5-9-15-23)33(35(41)46)38(30)20-25(39)32(29)50-38/h5-11,13-17,20,26-27,29-33,43H,12,18-19,21-22H2,1-4H3,(H,40,44)/b13-7-/t26-,27+,29+,30-,31-,32+,33+,38-/m0/s1. The van der Waals surface area contributed by atoms with Gasteiger partial charge in [-0.2, -0.15) is 0 Å². The van der Waals surface area contributed by atoms with Crippen LogP contribution in [0.25, 0.3) is 0 Å². The van der Waals surface area contributed by atoms with E-state index in [9.17, 15) is 19.5 Å². The first-order chi connectivity index (χ1) is 23.9. The molecule has 4 aliphatic rings. The maximum Gasteiger partial charge on any atom is 0.313 e. The zero-order chi connectivity index (χ0) is 35.8. The fraction of sp³-hybridized carbons (Fsp3) is 0.474. The van der Waals surface area contributed by atoms with E-state index >= 15 is 4.79 Å². The molecule has 2 N–H and O–H groups in total. The van der Waals surface area contributed by atoms with E-state index in [0.717, 1.165) is 0 Å². The van der Waals surface area contributed by atoms with Gasteiger partial charge >= 0.3 is 5.97 Å². The summed E-state index contributed by atoms with van der Waals surface area (Å²) >= 11 is 3.61. The van der Waals surface area contributed by atoms with Gasteiger partial charge in [-0.05, 0) is 44.4 Å². The predicted octanol–water partition coefficient (Wildman–Crippen LogP) is 3.99. The number of aliphatic hydroxyl groups excluding tert-OH is 1. The zero-order valence-corrected chi connectivity index (χ0v) is 30.2. The molecule has 50 heavy (non-hydrogen) atoms. The molecule has 12 heteroatoms. The van der Waals surface area contributed by atoms with Crippen molar-refractivity contribution in [3.63, 3.8) is 0 Å². The molecule has 11 nitrogen and oxygen atoms in total. The van der Waals surface area contributed by atoms with Crippen LogP contribution in [0.1, 0.15) is 56.9 Å². The van der Waals surface area contributed by atoms with Crippen molar-refractivity contribution in [2.45, 2.75) is 75.1 Å². The predicted molar refractivity (Wildman–Crippen MR) is 187 cm³/mol. The number of nitrogens with zero attached hydrogens (tertiary/aromatic N) is 2. The molecule has 266 valence electrons. The molecule has 2 saturated heterocycles. The number of carbonyl (C=O) groups is 4. The molecule has 3 amide bonds. The fourth-order valence-corrected chi connectivity index (χ4v) is 8.55. The zero-order valence-electron chi connectivity index (χ0n) is 28.7. The van der Waals surface area contributed by atoms with Crippen molar-refractivity contribution in [1.29, 1.82) is 0 Å². The Labute approximate surface area is 300 Å². The Kier molecular flexibility index (Phi) is 10.4. The normalized spacial score (nSPS) is 31.6. The molecule has 8 atom stereocenters. The van der Waals surface area contributed by atoms with Gasteiger partial charge < -0.3 is 34.4 Å². The molecule has 4 heterocycles. The highest BCUT2D eigenvalue weighted by Crippen LogP contribution is 2.60. The quantitative estimate of drug-likeness (QED) is 0.335. The summed E-state index contributed by atoms with van der Waals surface area (Å²) in [5.41, 5.74) is -0.959. The number of amides is 3. The monoisotopic (exact) mass is 749 g/mol. The van der Waals surface area contributed by atoms with Crippen LogP contribution >= 0.6 is 15.9 Å². The number of fused-ring (bicyclic) bond motifs is 2. The molecule has 0 saturated carbocycles. The maximum absolute atomic E-state index is 15.1. The lowest BCUT2D eigenvalue weighted by molar-refractivity contribution is -0.163. The summed E-state index contributed by atoms with van der Waals surface area (Å²) in [4.78, 5) is 60.9. The van der Waals surface area contributed by atoms with Gasteiger partial charge in [0.25, 0.3) is 0 Å². The van der Waals surface area contributed by atoms with Gasteiger partial charge in [0.2, 0.25) is 17.7 Å². The summed E-state index contributed by atoms with van der Waals surface area (Å²) in [7, 11) is 1.50. The van der Waals surface area contributed by atoms with E-state index < -0.39 is 71.8 Å². The average Bonchev–Trinajstić information content (AvgIpc) is 3.68. The van der Waals surface area contributed by atoms with Crippen LogP contribution < -0.4 is 5.32 Å². The second-order valence-corrected chi connectivity index (χ2v) is 15.1. The lowest BCUT2D eigenvalue weighted by atomic mass is 9.74. The van der Waals surface area contributed by atoms with Gasteiger partial charge in [-0.15, -0.1) is 0 Å². The van der Waals surface area contributed by atoms with E-state index in [0.29, 0.717) is 22.0 Å². The van der Waals surface area contributed by atoms with Gasteiger partial charge in [0.05, 0.1) is 31.2 Å². The second kappa shape index (κ2) is 14.4. The van der Waals surface area contributed by atoms with Crippen molar-refractivity contribution >= 4 is 39.6 Å². The van der Waals surface area contributed by atoms with Crippen molar-refractivity contribution < 1.29 is 38.5 Å². The highest BCUT2D eigenvalue weighted by molar-refractivity contribution is 9.11. The number of methoxy groups -OCH3 is 1. The van der Waals surface area contributed by atoms with Crippen molar-refractivity contribution in [1.82, 2.24) is 15.1 Å². The first-order valence-electron chi connectivity index (χ1n) is 17.0. The molecule has 5 bridgehead atoms. The number of carbonyl (C=O) groups excluding carboxylic acids is 4. The minimum absolute atomic E-state index is 0.0507. The molecule has 0 unspecified atom stereocenters. The molecular formula is C38H44BrN3O8. The molecule has 0 radical (unpaired) electrons. The number of nitrogens with one attached hydrogen (secondary N) is 1. The molecule has 2 fully saturated rings. The SMILES string of the molecule is COC[C@@H]1NC(=O)CC/C=C\CN(C(C)(C)C)C(=O)[C@H]2N([C@H](CO)c3ccccc3)C(=O)[C@@H]3[C@@H](C(=O)O[C@H]1c1ccccc1)[C@@H]1O[C@@]32C=C1Br. The van der Waals surface area contributed by atoms with Crippen molar-refractivity contribution in [2.24, 2.45) is 11.8 Å². The van der Waals surface area contributed by atoms with Crippen LogP contribution in [-0.4, -0.2) is 94.8 Å². The Balaban J connectivity index is 1.52. The average molecular weight is 751 g/mol. The van der Waals surface area contributed by atoms with Crippen LogP contribution in [-0.2, 0) is 33.4 Å². The summed E-state index contributed by atoms with van der Waals surface area (Å²) < 4.78 is 19.0. The summed E-state index contributed by atoms with van der Waals surface area (Å²) in [5, 5.41) is 13.9. The van der Waals surface area contributed by atoms with Gasteiger partial charge in [0.15, 0.2) is 0 Å². The molecule has 2 aromatic rings. The molecule has 0 aromatic heterocycles. The Bertz CT molecular complexity index is 1660. The van der Waals surface area contributed by atoms with Gasteiger partial charge in [-0.25, -0.2) is 0 Å². The van der Waals surface area contributed by atoms with E-state index in [1.54, 1.807) is 35.2 Å². The van der Waals surface area contributed by atoms with E-state index in [-0.39, 0.29) is 31.4 Å². The molecule has 4 aliphatic heterocycles. The van der Waals surface area contributed by atoms with Crippen LogP contribution in [0, 0.1) is 11.8 Å². The number of hydrogen-bond donors (Lipinski definition) is 2. The first-order valence-corrected chi connectivity index (χ1v) is 17.8.